The predicted octanol–water partition coefficient (Wildman–Crippen LogP) is 5.73. The minimum atomic E-state index is -4.01. The van der Waals surface area contributed by atoms with Gasteiger partial charge >= 0.3 is 0 Å². The average Bonchev–Trinajstić information content (AvgIpc) is 3.26. The highest BCUT2D eigenvalue weighted by Crippen LogP contribution is 2.35. The zero-order chi connectivity index (χ0) is 23.9. The first-order valence-electron chi connectivity index (χ1n) is 11.0. The summed E-state index contributed by atoms with van der Waals surface area (Å²) in [7, 11) is -4.01. The van der Waals surface area contributed by atoms with Crippen LogP contribution in [0.4, 0.5) is 11.4 Å². The van der Waals surface area contributed by atoms with Crippen LogP contribution in [0.2, 0.25) is 5.02 Å². The molecule has 5 rings (SSSR count). The van der Waals surface area contributed by atoms with E-state index in [0.29, 0.717) is 22.0 Å². The SMILES string of the molecule is Cc1ccc(Cl)cc1N(CC(=O)Nc1ccc2c3c(cccc13)CC2)S(=O)(=O)c1ccccc1. The smallest absolute Gasteiger partial charge is 0.264 e. The van der Waals surface area contributed by atoms with Crippen molar-refractivity contribution >= 4 is 49.7 Å². The third-order valence-corrected chi connectivity index (χ3v) is 8.22. The number of amides is 1. The van der Waals surface area contributed by atoms with Crippen LogP contribution in [-0.2, 0) is 27.7 Å². The van der Waals surface area contributed by atoms with E-state index in [1.807, 2.05) is 24.3 Å². The fourth-order valence-corrected chi connectivity index (χ4v) is 6.21. The number of nitrogens with zero attached hydrogens (tertiary/aromatic N) is 1. The first-order chi connectivity index (χ1) is 16.3. The number of hydrogen-bond acceptors (Lipinski definition) is 3. The second kappa shape index (κ2) is 8.78. The molecule has 7 heteroatoms. The van der Waals surface area contributed by atoms with E-state index in [-0.39, 0.29) is 11.4 Å². The van der Waals surface area contributed by atoms with Crippen LogP contribution >= 0.6 is 11.6 Å². The van der Waals surface area contributed by atoms with E-state index in [1.165, 1.54) is 28.6 Å². The molecule has 0 aliphatic heterocycles. The molecule has 0 aromatic heterocycles. The molecule has 1 N–H and O–H groups in total. The molecule has 1 aliphatic rings. The van der Waals surface area contributed by atoms with Gasteiger partial charge in [0.15, 0.2) is 0 Å². The Bertz CT molecular complexity index is 1510. The third kappa shape index (κ3) is 4.04. The Morgan fingerprint density at radius 3 is 2.44 bits per heavy atom. The van der Waals surface area contributed by atoms with E-state index < -0.39 is 15.9 Å². The Morgan fingerprint density at radius 2 is 1.68 bits per heavy atom. The van der Waals surface area contributed by atoms with Crippen molar-refractivity contribution in [1.82, 2.24) is 0 Å². The zero-order valence-electron chi connectivity index (χ0n) is 18.6. The number of carbonyl (C=O) groups is 1. The van der Waals surface area contributed by atoms with E-state index >= 15 is 0 Å². The van der Waals surface area contributed by atoms with Crippen molar-refractivity contribution in [1.29, 1.82) is 0 Å². The molecule has 0 heterocycles. The van der Waals surface area contributed by atoms with Gasteiger partial charge in [-0.2, -0.15) is 0 Å². The average molecular weight is 491 g/mol. The van der Waals surface area contributed by atoms with Crippen molar-refractivity contribution < 1.29 is 13.2 Å². The van der Waals surface area contributed by atoms with E-state index in [2.05, 4.69) is 11.4 Å². The quantitative estimate of drug-likeness (QED) is 0.375. The normalized spacial score (nSPS) is 12.6. The standard InChI is InChI=1S/C27H23ClN2O3S/c1-18-10-14-21(28)16-25(18)30(34(32,33)22-7-3-2-4-8-22)17-26(31)29-24-15-13-20-12-11-19-6-5-9-23(24)27(19)20/h2-10,13-16H,11-12,17H2,1H3,(H,29,31). The molecule has 0 fully saturated rings. The highest BCUT2D eigenvalue weighted by Gasteiger charge is 2.29. The van der Waals surface area contributed by atoms with Gasteiger partial charge in [-0.15, -0.1) is 0 Å². The second-order valence-electron chi connectivity index (χ2n) is 8.42. The van der Waals surface area contributed by atoms with Crippen molar-refractivity contribution in [3.05, 3.63) is 101 Å². The maximum absolute atomic E-state index is 13.6. The Balaban J connectivity index is 1.52. The van der Waals surface area contributed by atoms with Crippen LogP contribution in [0.15, 0.2) is 83.8 Å². The van der Waals surface area contributed by atoms with Crippen molar-refractivity contribution in [2.75, 3.05) is 16.2 Å². The highest BCUT2D eigenvalue weighted by molar-refractivity contribution is 7.92. The van der Waals surface area contributed by atoms with E-state index in [4.69, 9.17) is 11.6 Å². The number of aryl methyl sites for hydroxylation is 3. The topological polar surface area (TPSA) is 66.5 Å². The van der Waals surface area contributed by atoms with E-state index in [0.717, 1.165) is 22.5 Å². The molecule has 0 spiro atoms. The lowest BCUT2D eigenvalue weighted by Gasteiger charge is -2.26. The van der Waals surface area contributed by atoms with Crippen molar-refractivity contribution in [2.24, 2.45) is 0 Å². The van der Waals surface area contributed by atoms with Gasteiger partial charge in [-0.05, 0) is 72.2 Å². The lowest BCUT2D eigenvalue weighted by Crippen LogP contribution is -2.38. The van der Waals surface area contributed by atoms with Gasteiger partial charge in [0.1, 0.15) is 6.54 Å². The maximum Gasteiger partial charge on any atom is 0.264 e. The summed E-state index contributed by atoms with van der Waals surface area (Å²) in [4.78, 5) is 13.4. The Kier molecular flexibility index (Phi) is 5.80. The van der Waals surface area contributed by atoms with Gasteiger partial charge in [0.25, 0.3) is 10.0 Å². The summed E-state index contributed by atoms with van der Waals surface area (Å²) < 4.78 is 28.3. The molecule has 34 heavy (non-hydrogen) atoms. The molecular formula is C27H23ClN2O3S. The molecule has 1 aliphatic carbocycles. The molecule has 0 radical (unpaired) electrons. The summed E-state index contributed by atoms with van der Waals surface area (Å²) >= 11 is 6.20. The maximum atomic E-state index is 13.6. The number of halogens is 1. The summed E-state index contributed by atoms with van der Waals surface area (Å²) in [6.45, 7) is 1.40. The van der Waals surface area contributed by atoms with Gasteiger partial charge in [-0.3, -0.25) is 9.10 Å². The molecular weight excluding hydrogens is 468 g/mol. The lowest BCUT2D eigenvalue weighted by molar-refractivity contribution is -0.114. The molecule has 0 saturated heterocycles. The highest BCUT2D eigenvalue weighted by atomic mass is 35.5. The number of benzene rings is 4. The summed E-state index contributed by atoms with van der Waals surface area (Å²) in [5, 5.41) is 5.49. The first-order valence-corrected chi connectivity index (χ1v) is 12.8. The summed E-state index contributed by atoms with van der Waals surface area (Å²) in [6, 6.07) is 23.1. The van der Waals surface area contributed by atoms with Gasteiger partial charge in [0.05, 0.1) is 10.6 Å². The van der Waals surface area contributed by atoms with E-state index in [9.17, 15) is 13.2 Å². The first kappa shape index (κ1) is 22.4. The molecule has 0 saturated carbocycles. The van der Waals surface area contributed by atoms with Crippen LogP contribution in [0, 0.1) is 6.92 Å². The number of nitrogens with one attached hydrogen (secondary N) is 1. The van der Waals surface area contributed by atoms with Crippen LogP contribution < -0.4 is 9.62 Å². The molecule has 0 unspecified atom stereocenters. The number of rotatable bonds is 6. The van der Waals surface area contributed by atoms with Crippen LogP contribution in [0.3, 0.4) is 0 Å². The van der Waals surface area contributed by atoms with Gasteiger partial charge in [0.2, 0.25) is 5.91 Å². The molecule has 172 valence electrons. The summed E-state index contributed by atoms with van der Waals surface area (Å²) in [5.74, 6) is -0.433. The molecule has 5 nitrogen and oxygen atoms in total. The van der Waals surface area contributed by atoms with Crippen LogP contribution in [0.5, 0.6) is 0 Å². The van der Waals surface area contributed by atoms with Crippen molar-refractivity contribution in [3.8, 4) is 0 Å². The van der Waals surface area contributed by atoms with E-state index in [1.54, 1.807) is 43.3 Å². The Hall–Kier alpha value is -3.35. The van der Waals surface area contributed by atoms with Crippen molar-refractivity contribution in [3.63, 3.8) is 0 Å². The third-order valence-electron chi connectivity index (χ3n) is 6.21. The fraction of sp³-hybridized carbons (Fsp3) is 0.148. The lowest BCUT2D eigenvalue weighted by atomic mass is 10.0. The largest absolute Gasteiger partial charge is 0.324 e. The second-order valence-corrected chi connectivity index (χ2v) is 10.7. The predicted molar refractivity (Wildman–Crippen MR) is 137 cm³/mol. The molecule has 0 atom stereocenters. The number of anilines is 2. The van der Waals surface area contributed by atoms with Gasteiger partial charge in [-0.25, -0.2) is 8.42 Å². The van der Waals surface area contributed by atoms with Crippen LogP contribution in [-0.4, -0.2) is 20.9 Å². The van der Waals surface area contributed by atoms with Gasteiger partial charge < -0.3 is 5.32 Å². The monoisotopic (exact) mass is 490 g/mol. The number of carbonyl (C=O) groups excluding carboxylic acids is 1. The summed E-state index contributed by atoms with van der Waals surface area (Å²) in [6.07, 6.45) is 1.97. The zero-order valence-corrected chi connectivity index (χ0v) is 20.2. The van der Waals surface area contributed by atoms with Gasteiger partial charge in [0, 0.05) is 16.1 Å². The van der Waals surface area contributed by atoms with Crippen LogP contribution in [0.1, 0.15) is 16.7 Å². The number of sulfonamides is 1. The number of hydrogen-bond donors (Lipinski definition) is 1. The molecule has 1 amide bonds. The van der Waals surface area contributed by atoms with Gasteiger partial charge in [-0.1, -0.05) is 60.1 Å². The van der Waals surface area contributed by atoms with Crippen LogP contribution in [0.25, 0.3) is 10.8 Å². The minimum Gasteiger partial charge on any atom is -0.324 e. The molecule has 0 bridgehead atoms. The van der Waals surface area contributed by atoms with Crippen molar-refractivity contribution in [2.45, 2.75) is 24.7 Å². The Morgan fingerprint density at radius 1 is 0.941 bits per heavy atom. The summed E-state index contributed by atoms with van der Waals surface area (Å²) in [5.41, 5.74) is 4.28. The Labute approximate surface area is 204 Å². The molecule has 4 aromatic carbocycles. The minimum absolute atomic E-state index is 0.104. The molecule has 4 aromatic rings. The fourth-order valence-electron chi connectivity index (χ4n) is 4.55.